The first-order valence-corrected chi connectivity index (χ1v) is 11.0. The van der Waals surface area contributed by atoms with Crippen molar-refractivity contribution in [1.29, 1.82) is 0 Å². The number of ether oxygens (including phenoxy) is 4. The van der Waals surface area contributed by atoms with Crippen LogP contribution in [0, 0.1) is 6.92 Å². The van der Waals surface area contributed by atoms with Gasteiger partial charge in [0.05, 0.1) is 33.8 Å². The lowest BCUT2D eigenvalue weighted by Gasteiger charge is -2.40. The van der Waals surface area contributed by atoms with E-state index in [1.165, 1.54) is 11.1 Å². The molecule has 0 radical (unpaired) electrons. The Kier molecular flexibility index (Phi) is 5.95. The van der Waals surface area contributed by atoms with Crippen LogP contribution in [-0.2, 0) is 6.42 Å². The summed E-state index contributed by atoms with van der Waals surface area (Å²) in [7, 11) is 9.05. The molecule has 0 N–H and O–H groups in total. The van der Waals surface area contributed by atoms with Gasteiger partial charge in [0.1, 0.15) is 23.0 Å². The van der Waals surface area contributed by atoms with Crippen molar-refractivity contribution >= 4 is 10.8 Å². The van der Waals surface area contributed by atoms with Crippen molar-refractivity contribution in [2.24, 2.45) is 0 Å². The summed E-state index contributed by atoms with van der Waals surface area (Å²) in [6.07, 6.45) is 0.913. The Morgan fingerprint density at radius 1 is 0.812 bits per heavy atom. The van der Waals surface area contributed by atoms with Crippen LogP contribution >= 0.6 is 0 Å². The van der Waals surface area contributed by atoms with Gasteiger partial charge < -0.3 is 18.9 Å². The fourth-order valence-corrected chi connectivity index (χ4v) is 5.21. The second-order valence-electron chi connectivity index (χ2n) is 8.60. The molecule has 0 bridgehead atoms. The van der Waals surface area contributed by atoms with Crippen molar-refractivity contribution in [3.8, 4) is 34.1 Å². The summed E-state index contributed by atoms with van der Waals surface area (Å²) in [5.41, 5.74) is 5.94. The van der Waals surface area contributed by atoms with Crippen LogP contribution in [0.15, 0.2) is 30.3 Å². The number of hydrogen-bond acceptors (Lipinski definition) is 5. The maximum absolute atomic E-state index is 5.97. The summed E-state index contributed by atoms with van der Waals surface area (Å²) in [6.45, 7) is 6.65. The molecule has 3 aromatic carbocycles. The zero-order chi connectivity index (χ0) is 23.2. The van der Waals surface area contributed by atoms with E-state index in [1.54, 1.807) is 28.4 Å². The minimum atomic E-state index is 0.229. The molecule has 2 atom stereocenters. The molecule has 0 amide bonds. The van der Waals surface area contributed by atoms with E-state index in [1.807, 2.05) is 18.2 Å². The Bertz CT molecular complexity index is 1170. The smallest absolute Gasteiger partial charge is 0.130 e. The molecule has 5 heteroatoms. The third-order valence-electron chi connectivity index (χ3n) is 7.04. The molecule has 0 aromatic heterocycles. The molecule has 32 heavy (non-hydrogen) atoms. The lowest BCUT2D eigenvalue weighted by atomic mass is 9.81. The van der Waals surface area contributed by atoms with Crippen molar-refractivity contribution in [2.75, 3.05) is 35.5 Å². The summed E-state index contributed by atoms with van der Waals surface area (Å²) in [5, 5.41) is 2.06. The van der Waals surface area contributed by atoms with Crippen molar-refractivity contribution < 1.29 is 18.9 Å². The zero-order valence-corrected chi connectivity index (χ0v) is 20.3. The molecule has 0 saturated heterocycles. The molecule has 5 nitrogen and oxygen atoms in total. The highest BCUT2D eigenvalue weighted by Gasteiger charge is 2.34. The Balaban J connectivity index is 2.17. The number of methoxy groups -OCH3 is 4. The van der Waals surface area contributed by atoms with Gasteiger partial charge in [-0.05, 0) is 68.4 Å². The van der Waals surface area contributed by atoms with E-state index in [0.29, 0.717) is 6.04 Å². The molecule has 0 spiro atoms. The topological polar surface area (TPSA) is 40.2 Å². The largest absolute Gasteiger partial charge is 0.496 e. The summed E-state index contributed by atoms with van der Waals surface area (Å²) < 4.78 is 23.3. The number of fused-ring (bicyclic) bond motifs is 2. The van der Waals surface area contributed by atoms with Crippen LogP contribution in [0.4, 0.5) is 0 Å². The van der Waals surface area contributed by atoms with Gasteiger partial charge in [-0.25, -0.2) is 0 Å². The van der Waals surface area contributed by atoms with Gasteiger partial charge in [-0.2, -0.15) is 0 Å². The minimum absolute atomic E-state index is 0.229. The molecule has 0 saturated carbocycles. The second kappa shape index (κ2) is 8.55. The predicted molar refractivity (Wildman–Crippen MR) is 130 cm³/mol. The van der Waals surface area contributed by atoms with Crippen LogP contribution in [0.1, 0.15) is 36.6 Å². The van der Waals surface area contributed by atoms with Crippen molar-refractivity contribution in [1.82, 2.24) is 4.90 Å². The van der Waals surface area contributed by atoms with Crippen LogP contribution in [-0.4, -0.2) is 46.4 Å². The lowest BCUT2D eigenvalue weighted by molar-refractivity contribution is 0.175. The van der Waals surface area contributed by atoms with Gasteiger partial charge in [0, 0.05) is 29.3 Å². The average molecular weight is 436 g/mol. The fourth-order valence-electron chi connectivity index (χ4n) is 5.21. The second-order valence-corrected chi connectivity index (χ2v) is 8.60. The monoisotopic (exact) mass is 435 g/mol. The van der Waals surface area contributed by atoms with Crippen LogP contribution in [0.5, 0.6) is 23.0 Å². The Hall–Kier alpha value is -2.92. The Labute approximate surface area is 190 Å². The third-order valence-corrected chi connectivity index (χ3v) is 7.04. The number of nitrogens with zero attached hydrogens (tertiary/aromatic N) is 1. The fraction of sp³-hybridized carbons (Fsp3) is 0.407. The van der Waals surface area contributed by atoms with E-state index >= 15 is 0 Å². The molecular formula is C27H33NO4. The van der Waals surface area contributed by atoms with Gasteiger partial charge in [0.15, 0.2) is 0 Å². The first kappa shape index (κ1) is 22.3. The van der Waals surface area contributed by atoms with Crippen molar-refractivity contribution in [2.45, 2.75) is 39.3 Å². The van der Waals surface area contributed by atoms with Gasteiger partial charge in [0.25, 0.3) is 0 Å². The predicted octanol–water partition coefficient (Wildman–Crippen LogP) is 5.79. The summed E-state index contributed by atoms with van der Waals surface area (Å²) in [5.74, 6) is 3.30. The molecule has 1 aliphatic rings. The lowest BCUT2D eigenvalue weighted by Crippen LogP contribution is -2.38. The molecule has 4 rings (SSSR count). The molecule has 1 heterocycles. The summed E-state index contributed by atoms with van der Waals surface area (Å²) >= 11 is 0. The maximum atomic E-state index is 5.97. The Morgan fingerprint density at radius 2 is 1.47 bits per heavy atom. The number of hydrogen-bond donors (Lipinski definition) is 0. The first-order chi connectivity index (χ1) is 15.4. The standard InChI is InChI=1S/C27H33NO4/c1-15-12-21(30-6)26-18(10-9-11-20(26)29-5)24(15)27-19-13-16(2)28(4)17(3)25(19)22(31-7)14-23(27)32-8/h9-12,14,16-17H,13H2,1-8H3/t16-,17-/m1/s1. The summed E-state index contributed by atoms with van der Waals surface area (Å²) in [4.78, 5) is 2.41. The van der Waals surface area contributed by atoms with Gasteiger partial charge in [-0.15, -0.1) is 0 Å². The average Bonchev–Trinajstić information content (AvgIpc) is 2.80. The number of benzene rings is 3. The van der Waals surface area contributed by atoms with Crippen molar-refractivity contribution in [3.63, 3.8) is 0 Å². The van der Waals surface area contributed by atoms with E-state index in [2.05, 4.69) is 44.9 Å². The highest BCUT2D eigenvalue weighted by molar-refractivity contribution is 6.06. The van der Waals surface area contributed by atoms with E-state index < -0.39 is 0 Å². The van der Waals surface area contributed by atoms with Crippen LogP contribution in [0.3, 0.4) is 0 Å². The van der Waals surface area contributed by atoms with Crippen LogP contribution in [0.25, 0.3) is 21.9 Å². The normalized spacial score (nSPS) is 18.4. The van der Waals surface area contributed by atoms with Crippen LogP contribution < -0.4 is 18.9 Å². The molecule has 0 aliphatic carbocycles. The SMILES string of the molecule is COc1cc(OC)c2c(c1-c1c(C)cc(OC)c3c(OC)cccc13)C[C@@H](C)N(C)[C@@H]2C. The molecule has 0 fully saturated rings. The van der Waals surface area contributed by atoms with E-state index in [0.717, 1.165) is 56.9 Å². The zero-order valence-electron chi connectivity index (χ0n) is 20.3. The highest BCUT2D eigenvalue weighted by Crippen LogP contribution is 2.51. The molecule has 1 aliphatic heterocycles. The van der Waals surface area contributed by atoms with Gasteiger partial charge in [-0.3, -0.25) is 4.90 Å². The minimum Gasteiger partial charge on any atom is -0.496 e. The number of aryl methyl sites for hydroxylation is 1. The van der Waals surface area contributed by atoms with E-state index in [9.17, 15) is 0 Å². The van der Waals surface area contributed by atoms with Gasteiger partial charge >= 0.3 is 0 Å². The third kappa shape index (κ3) is 3.27. The molecular weight excluding hydrogens is 402 g/mol. The first-order valence-electron chi connectivity index (χ1n) is 11.0. The van der Waals surface area contributed by atoms with Crippen molar-refractivity contribution in [3.05, 3.63) is 47.0 Å². The molecule has 3 aromatic rings. The van der Waals surface area contributed by atoms with E-state index in [-0.39, 0.29) is 6.04 Å². The van der Waals surface area contributed by atoms with Crippen LogP contribution in [0.2, 0.25) is 0 Å². The quantitative estimate of drug-likeness (QED) is 0.507. The number of likely N-dealkylation sites (N-methyl/N-ethyl adjacent to an activating group) is 1. The summed E-state index contributed by atoms with van der Waals surface area (Å²) in [6, 6.07) is 10.9. The highest BCUT2D eigenvalue weighted by atomic mass is 16.5. The Morgan fingerprint density at radius 3 is 2.09 bits per heavy atom. The maximum Gasteiger partial charge on any atom is 0.130 e. The van der Waals surface area contributed by atoms with Gasteiger partial charge in [-0.1, -0.05) is 12.1 Å². The van der Waals surface area contributed by atoms with Gasteiger partial charge in [0.2, 0.25) is 0 Å². The van der Waals surface area contributed by atoms with E-state index in [4.69, 9.17) is 18.9 Å². The molecule has 0 unspecified atom stereocenters. The molecule has 170 valence electrons. The number of rotatable bonds is 5.